The van der Waals surface area contributed by atoms with Crippen molar-refractivity contribution in [2.24, 2.45) is 0 Å². The fraction of sp³-hybridized carbons (Fsp3) is 0.400. The van der Waals surface area contributed by atoms with Gasteiger partial charge in [0.1, 0.15) is 5.82 Å². The lowest BCUT2D eigenvalue weighted by molar-refractivity contribution is -0.142. The van der Waals surface area contributed by atoms with Crippen LogP contribution in [0.5, 0.6) is 0 Å². The van der Waals surface area contributed by atoms with Crippen LogP contribution in [0.15, 0.2) is 12.1 Å². The molecule has 1 heterocycles. The van der Waals surface area contributed by atoms with Gasteiger partial charge in [-0.1, -0.05) is 6.07 Å². The molecule has 2 rings (SSSR count). The average molecular weight is 192 g/mol. The zero-order chi connectivity index (χ0) is 10.1. The number of nitrogens with two attached hydrogens (primary N) is 1. The van der Waals surface area contributed by atoms with Crippen LogP contribution in [-0.2, 0) is 16.0 Å². The van der Waals surface area contributed by atoms with Crippen LogP contribution in [0, 0.1) is 0 Å². The second-order valence-electron chi connectivity index (χ2n) is 3.39. The number of esters is 1. The highest BCUT2D eigenvalue weighted by molar-refractivity contribution is 5.79. The zero-order valence-electron chi connectivity index (χ0n) is 7.99. The maximum absolute atomic E-state index is 11.4. The first-order valence-corrected chi connectivity index (χ1v) is 4.55. The molecule has 4 nitrogen and oxygen atoms in total. The number of aryl methyl sites for hydroxylation is 1. The monoisotopic (exact) mass is 192 g/mol. The molecule has 0 aliphatic heterocycles. The summed E-state index contributed by atoms with van der Waals surface area (Å²) in [5, 5.41) is 0. The Kier molecular flexibility index (Phi) is 2.11. The van der Waals surface area contributed by atoms with Crippen molar-refractivity contribution in [2.75, 3.05) is 12.8 Å². The van der Waals surface area contributed by atoms with Crippen molar-refractivity contribution in [2.45, 2.75) is 18.8 Å². The van der Waals surface area contributed by atoms with Crippen LogP contribution in [-0.4, -0.2) is 18.1 Å². The normalized spacial score (nSPS) is 19.1. The maximum Gasteiger partial charge on any atom is 0.313 e. The molecule has 1 aliphatic rings. The quantitative estimate of drug-likeness (QED) is 0.670. The third kappa shape index (κ3) is 1.32. The number of fused-ring (bicyclic) bond motifs is 1. The van der Waals surface area contributed by atoms with E-state index in [1.54, 1.807) is 6.07 Å². The van der Waals surface area contributed by atoms with Gasteiger partial charge in [0.15, 0.2) is 0 Å². The van der Waals surface area contributed by atoms with Gasteiger partial charge >= 0.3 is 5.97 Å². The SMILES string of the molecule is COC(=O)[C@@H]1CCc2nc(N)ccc21. The van der Waals surface area contributed by atoms with Crippen LogP contribution >= 0.6 is 0 Å². The number of anilines is 1. The molecule has 14 heavy (non-hydrogen) atoms. The second-order valence-corrected chi connectivity index (χ2v) is 3.39. The molecule has 0 amide bonds. The minimum atomic E-state index is -0.185. The topological polar surface area (TPSA) is 65.2 Å². The Morgan fingerprint density at radius 1 is 1.64 bits per heavy atom. The van der Waals surface area contributed by atoms with Crippen LogP contribution < -0.4 is 5.73 Å². The molecule has 1 aliphatic carbocycles. The van der Waals surface area contributed by atoms with Gasteiger partial charge in [0.05, 0.1) is 13.0 Å². The first-order valence-electron chi connectivity index (χ1n) is 4.55. The van der Waals surface area contributed by atoms with Crippen LogP contribution in [0.3, 0.4) is 0 Å². The summed E-state index contributed by atoms with van der Waals surface area (Å²) in [6, 6.07) is 3.59. The highest BCUT2D eigenvalue weighted by Crippen LogP contribution is 2.33. The lowest BCUT2D eigenvalue weighted by Gasteiger charge is -2.07. The lowest BCUT2D eigenvalue weighted by atomic mass is 10.0. The van der Waals surface area contributed by atoms with Crippen LogP contribution in [0.4, 0.5) is 5.82 Å². The van der Waals surface area contributed by atoms with Gasteiger partial charge in [-0.25, -0.2) is 4.98 Å². The summed E-state index contributed by atoms with van der Waals surface area (Å²) in [6.45, 7) is 0. The first kappa shape index (κ1) is 8.99. The van der Waals surface area contributed by atoms with Crippen LogP contribution in [0.1, 0.15) is 23.6 Å². The molecule has 1 aromatic rings. The minimum absolute atomic E-state index is 0.150. The number of aromatic nitrogens is 1. The fourth-order valence-electron chi connectivity index (χ4n) is 1.87. The van der Waals surface area contributed by atoms with Crippen molar-refractivity contribution < 1.29 is 9.53 Å². The predicted molar refractivity (Wildman–Crippen MR) is 51.7 cm³/mol. The van der Waals surface area contributed by atoms with Crippen molar-refractivity contribution in [1.29, 1.82) is 0 Å². The van der Waals surface area contributed by atoms with Crippen LogP contribution in [0.25, 0.3) is 0 Å². The van der Waals surface area contributed by atoms with E-state index in [0.29, 0.717) is 5.82 Å². The van der Waals surface area contributed by atoms with Crippen LogP contribution in [0.2, 0.25) is 0 Å². The van der Waals surface area contributed by atoms with E-state index in [4.69, 9.17) is 10.5 Å². The number of rotatable bonds is 1. The van der Waals surface area contributed by atoms with E-state index < -0.39 is 0 Å². The van der Waals surface area contributed by atoms with E-state index in [1.807, 2.05) is 6.07 Å². The molecule has 0 fully saturated rings. The molecule has 0 saturated carbocycles. The Morgan fingerprint density at radius 3 is 3.14 bits per heavy atom. The predicted octanol–water partition coefficient (Wildman–Crippen LogP) is 0.867. The Hall–Kier alpha value is -1.58. The number of methoxy groups -OCH3 is 1. The Bertz CT molecular complexity index is 376. The van der Waals surface area contributed by atoms with E-state index in [1.165, 1.54) is 7.11 Å². The van der Waals surface area contributed by atoms with Gasteiger partial charge in [-0.15, -0.1) is 0 Å². The van der Waals surface area contributed by atoms with Gasteiger partial charge in [-0.05, 0) is 24.5 Å². The van der Waals surface area contributed by atoms with Gasteiger partial charge in [-0.2, -0.15) is 0 Å². The molecule has 0 bridgehead atoms. The zero-order valence-corrected chi connectivity index (χ0v) is 7.99. The number of nitrogens with zero attached hydrogens (tertiary/aromatic N) is 1. The molecule has 1 atom stereocenters. The summed E-state index contributed by atoms with van der Waals surface area (Å²) in [5.41, 5.74) is 7.45. The number of carbonyl (C=O) groups excluding carboxylic acids is 1. The van der Waals surface area contributed by atoms with Crippen molar-refractivity contribution in [1.82, 2.24) is 4.98 Å². The van der Waals surface area contributed by atoms with Gasteiger partial charge in [0, 0.05) is 5.69 Å². The minimum Gasteiger partial charge on any atom is -0.469 e. The molecule has 1 aromatic heterocycles. The van der Waals surface area contributed by atoms with E-state index in [-0.39, 0.29) is 11.9 Å². The van der Waals surface area contributed by atoms with Crippen molar-refractivity contribution in [3.63, 3.8) is 0 Å². The van der Waals surface area contributed by atoms with E-state index in [9.17, 15) is 4.79 Å². The second kappa shape index (κ2) is 3.29. The van der Waals surface area contributed by atoms with Crippen molar-refractivity contribution in [3.05, 3.63) is 23.4 Å². The number of carbonyl (C=O) groups is 1. The van der Waals surface area contributed by atoms with Gasteiger partial charge in [0.25, 0.3) is 0 Å². The molecular weight excluding hydrogens is 180 g/mol. The first-order chi connectivity index (χ1) is 6.72. The summed E-state index contributed by atoms with van der Waals surface area (Å²) >= 11 is 0. The summed E-state index contributed by atoms with van der Waals surface area (Å²) in [5.74, 6) is 0.174. The number of ether oxygens (including phenoxy) is 1. The highest BCUT2D eigenvalue weighted by atomic mass is 16.5. The van der Waals surface area contributed by atoms with Gasteiger partial charge in [-0.3, -0.25) is 4.79 Å². The summed E-state index contributed by atoms with van der Waals surface area (Å²) < 4.78 is 4.72. The molecule has 0 unspecified atom stereocenters. The van der Waals surface area contributed by atoms with E-state index in [2.05, 4.69) is 4.98 Å². The fourth-order valence-corrected chi connectivity index (χ4v) is 1.87. The Balaban J connectivity index is 2.35. The summed E-state index contributed by atoms with van der Waals surface area (Å²) in [6.07, 6.45) is 1.58. The number of hydrogen-bond donors (Lipinski definition) is 1. The third-order valence-corrected chi connectivity index (χ3v) is 2.56. The van der Waals surface area contributed by atoms with Gasteiger partial charge in [0.2, 0.25) is 0 Å². The molecule has 0 spiro atoms. The molecule has 4 heteroatoms. The molecule has 0 radical (unpaired) electrons. The van der Waals surface area contributed by atoms with Crippen molar-refractivity contribution in [3.8, 4) is 0 Å². The smallest absolute Gasteiger partial charge is 0.313 e. The number of hydrogen-bond acceptors (Lipinski definition) is 4. The molecule has 74 valence electrons. The number of nitrogen functional groups attached to an aromatic ring is 1. The largest absolute Gasteiger partial charge is 0.469 e. The number of pyridine rings is 1. The Morgan fingerprint density at radius 2 is 2.43 bits per heavy atom. The molecule has 0 aromatic carbocycles. The molecule has 2 N–H and O–H groups in total. The standard InChI is InChI=1S/C10H12N2O2/c1-14-10(13)7-2-4-8-6(7)3-5-9(11)12-8/h3,5,7H,2,4H2,1H3,(H2,11,12)/t7-/m1/s1. The summed E-state index contributed by atoms with van der Waals surface area (Å²) in [7, 11) is 1.41. The van der Waals surface area contributed by atoms with E-state index in [0.717, 1.165) is 24.1 Å². The lowest BCUT2D eigenvalue weighted by Crippen LogP contribution is -2.11. The third-order valence-electron chi connectivity index (χ3n) is 2.56. The van der Waals surface area contributed by atoms with E-state index >= 15 is 0 Å². The Labute approximate surface area is 82.1 Å². The maximum atomic E-state index is 11.4. The molecule has 0 saturated heterocycles. The molecular formula is C10H12N2O2. The van der Waals surface area contributed by atoms with Gasteiger partial charge < -0.3 is 10.5 Å². The van der Waals surface area contributed by atoms with Crippen molar-refractivity contribution >= 4 is 11.8 Å². The summed E-state index contributed by atoms with van der Waals surface area (Å²) in [4.78, 5) is 15.6. The average Bonchev–Trinajstić information content (AvgIpc) is 2.59. The highest BCUT2D eigenvalue weighted by Gasteiger charge is 2.30.